The van der Waals surface area contributed by atoms with Crippen LogP contribution >= 0.6 is 0 Å². The van der Waals surface area contributed by atoms with E-state index in [2.05, 4.69) is 26.1 Å². The summed E-state index contributed by atoms with van der Waals surface area (Å²) in [7, 11) is 1.81. The van der Waals surface area contributed by atoms with Crippen molar-refractivity contribution in [3.63, 3.8) is 0 Å². The molecule has 0 aromatic heterocycles. The summed E-state index contributed by atoms with van der Waals surface area (Å²) in [6.45, 7) is 7.77. The standard InChI is InChI=1S/C16H32N2O3/c1-5-6-14(7-8-15(19)20)9-11-17-16(21)18(4)12-10-13(2)3/h13-14H,5-12H2,1-4H3,(H,17,21)(H,19,20). The Morgan fingerprint density at radius 3 is 2.33 bits per heavy atom. The lowest BCUT2D eigenvalue weighted by Gasteiger charge is -2.20. The van der Waals surface area contributed by atoms with E-state index in [4.69, 9.17) is 5.11 Å². The third kappa shape index (κ3) is 11.1. The van der Waals surface area contributed by atoms with Crippen LogP contribution in [0.1, 0.15) is 59.3 Å². The molecule has 0 aromatic rings. The van der Waals surface area contributed by atoms with Crippen LogP contribution in [0, 0.1) is 11.8 Å². The molecule has 1 unspecified atom stereocenters. The topological polar surface area (TPSA) is 69.6 Å². The normalized spacial score (nSPS) is 12.2. The van der Waals surface area contributed by atoms with Crippen LogP contribution in [-0.2, 0) is 4.79 Å². The molecule has 124 valence electrons. The third-order valence-corrected chi connectivity index (χ3v) is 3.68. The second kappa shape index (κ2) is 11.4. The van der Waals surface area contributed by atoms with E-state index in [1.807, 2.05) is 7.05 Å². The monoisotopic (exact) mass is 300 g/mol. The Hall–Kier alpha value is -1.26. The number of amides is 2. The largest absolute Gasteiger partial charge is 0.481 e. The molecule has 0 saturated heterocycles. The van der Waals surface area contributed by atoms with E-state index in [-0.39, 0.29) is 12.5 Å². The van der Waals surface area contributed by atoms with Crippen molar-refractivity contribution in [3.05, 3.63) is 0 Å². The molecule has 5 heteroatoms. The van der Waals surface area contributed by atoms with Crippen LogP contribution in [0.25, 0.3) is 0 Å². The maximum Gasteiger partial charge on any atom is 0.317 e. The predicted octanol–water partition coefficient (Wildman–Crippen LogP) is 3.35. The SMILES string of the molecule is CCCC(CCNC(=O)N(C)CCC(C)C)CCC(=O)O. The molecule has 0 aliphatic heterocycles. The van der Waals surface area contributed by atoms with E-state index in [0.29, 0.717) is 24.8 Å². The van der Waals surface area contributed by atoms with Gasteiger partial charge >= 0.3 is 12.0 Å². The minimum Gasteiger partial charge on any atom is -0.481 e. The molecule has 2 amide bonds. The van der Waals surface area contributed by atoms with Crippen molar-refractivity contribution >= 4 is 12.0 Å². The number of carbonyl (C=O) groups excluding carboxylic acids is 1. The van der Waals surface area contributed by atoms with Crippen LogP contribution in [0.3, 0.4) is 0 Å². The number of aliphatic carboxylic acids is 1. The fourth-order valence-corrected chi connectivity index (χ4v) is 2.24. The van der Waals surface area contributed by atoms with Gasteiger partial charge in [-0.25, -0.2) is 4.79 Å². The van der Waals surface area contributed by atoms with Crippen LogP contribution in [0.5, 0.6) is 0 Å². The molecule has 0 aliphatic carbocycles. The Balaban J connectivity index is 3.95. The lowest BCUT2D eigenvalue weighted by Crippen LogP contribution is -2.39. The highest BCUT2D eigenvalue weighted by Gasteiger charge is 2.12. The number of carbonyl (C=O) groups is 2. The van der Waals surface area contributed by atoms with Crippen molar-refractivity contribution in [2.45, 2.75) is 59.3 Å². The number of urea groups is 1. The Morgan fingerprint density at radius 1 is 1.14 bits per heavy atom. The van der Waals surface area contributed by atoms with Crippen LogP contribution in [0.4, 0.5) is 4.79 Å². The van der Waals surface area contributed by atoms with E-state index >= 15 is 0 Å². The first-order valence-electron chi connectivity index (χ1n) is 8.07. The number of nitrogens with one attached hydrogen (secondary N) is 1. The Bertz CT molecular complexity index is 306. The minimum atomic E-state index is -0.742. The zero-order valence-electron chi connectivity index (χ0n) is 14.0. The molecule has 0 heterocycles. The molecule has 0 radical (unpaired) electrons. The van der Waals surface area contributed by atoms with Gasteiger partial charge in [-0.15, -0.1) is 0 Å². The smallest absolute Gasteiger partial charge is 0.317 e. The summed E-state index contributed by atoms with van der Waals surface area (Å²) in [5.41, 5.74) is 0. The van der Waals surface area contributed by atoms with Crippen molar-refractivity contribution < 1.29 is 14.7 Å². The van der Waals surface area contributed by atoms with Crippen LogP contribution in [0.15, 0.2) is 0 Å². The molecule has 1 atom stereocenters. The molecule has 0 rings (SSSR count). The summed E-state index contributed by atoms with van der Waals surface area (Å²) in [6, 6.07) is -0.0378. The zero-order valence-corrected chi connectivity index (χ0v) is 14.0. The van der Waals surface area contributed by atoms with E-state index in [1.165, 1.54) is 0 Å². The maximum atomic E-state index is 11.9. The van der Waals surface area contributed by atoms with Crippen LogP contribution in [0.2, 0.25) is 0 Å². The van der Waals surface area contributed by atoms with E-state index in [0.717, 1.165) is 32.2 Å². The van der Waals surface area contributed by atoms with Crippen molar-refractivity contribution in [1.29, 1.82) is 0 Å². The third-order valence-electron chi connectivity index (χ3n) is 3.68. The first-order chi connectivity index (χ1) is 9.86. The van der Waals surface area contributed by atoms with E-state index in [1.54, 1.807) is 4.90 Å². The average molecular weight is 300 g/mol. The van der Waals surface area contributed by atoms with Crippen LogP contribution in [-0.4, -0.2) is 42.1 Å². The van der Waals surface area contributed by atoms with Gasteiger partial charge in [0, 0.05) is 26.6 Å². The average Bonchev–Trinajstić information content (AvgIpc) is 2.41. The zero-order chi connectivity index (χ0) is 16.3. The van der Waals surface area contributed by atoms with Crippen molar-refractivity contribution in [2.24, 2.45) is 11.8 Å². The summed E-state index contributed by atoms with van der Waals surface area (Å²) < 4.78 is 0. The number of hydrogen-bond acceptors (Lipinski definition) is 2. The highest BCUT2D eigenvalue weighted by atomic mass is 16.4. The second-order valence-corrected chi connectivity index (χ2v) is 6.21. The van der Waals surface area contributed by atoms with E-state index in [9.17, 15) is 9.59 Å². The molecular formula is C16H32N2O3. The van der Waals surface area contributed by atoms with Gasteiger partial charge in [0.25, 0.3) is 0 Å². The number of rotatable bonds is 11. The van der Waals surface area contributed by atoms with Crippen molar-refractivity contribution in [3.8, 4) is 0 Å². The molecule has 0 aromatic carbocycles. The molecule has 5 nitrogen and oxygen atoms in total. The molecule has 0 bridgehead atoms. The molecular weight excluding hydrogens is 268 g/mol. The van der Waals surface area contributed by atoms with Crippen LogP contribution < -0.4 is 5.32 Å². The van der Waals surface area contributed by atoms with Gasteiger partial charge in [-0.3, -0.25) is 4.79 Å². The number of hydrogen-bond donors (Lipinski definition) is 2. The Labute approximate surface area is 129 Å². The van der Waals surface area contributed by atoms with Gasteiger partial charge < -0.3 is 15.3 Å². The summed E-state index contributed by atoms with van der Waals surface area (Å²) in [4.78, 5) is 24.2. The van der Waals surface area contributed by atoms with Gasteiger partial charge in [-0.1, -0.05) is 33.6 Å². The summed E-state index contributed by atoms with van der Waals surface area (Å²) in [5.74, 6) is 0.228. The van der Waals surface area contributed by atoms with Gasteiger partial charge in [0.05, 0.1) is 0 Å². The molecule has 0 fully saturated rings. The molecule has 0 spiro atoms. The highest BCUT2D eigenvalue weighted by Crippen LogP contribution is 2.17. The fourth-order valence-electron chi connectivity index (χ4n) is 2.24. The van der Waals surface area contributed by atoms with Gasteiger partial charge in [0.1, 0.15) is 0 Å². The lowest BCUT2D eigenvalue weighted by molar-refractivity contribution is -0.137. The Kier molecular flexibility index (Phi) is 10.7. The van der Waals surface area contributed by atoms with Gasteiger partial charge in [0.15, 0.2) is 0 Å². The quantitative estimate of drug-likeness (QED) is 0.615. The fraction of sp³-hybridized carbons (Fsp3) is 0.875. The molecule has 21 heavy (non-hydrogen) atoms. The number of carboxylic acid groups (broad SMARTS) is 1. The number of nitrogens with zero attached hydrogens (tertiary/aromatic N) is 1. The predicted molar refractivity (Wildman–Crippen MR) is 85.4 cm³/mol. The summed E-state index contributed by atoms with van der Waals surface area (Å²) in [6.07, 6.45) is 4.83. The van der Waals surface area contributed by atoms with Gasteiger partial charge in [-0.05, 0) is 31.1 Å². The van der Waals surface area contributed by atoms with Crippen molar-refractivity contribution in [1.82, 2.24) is 10.2 Å². The summed E-state index contributed by atoms with van der Waals surface area (Å²) in [5, 5.41) is 11.7. The minimum absolute atomic E-state index is 0.0378. The van der Waals surface area contributed by atoms with Gasteiger partial charge in [0.2, 0.25) is 0 Å². The first kappa shape index (κ1) is 19.7. The molecule has 0 saturated carbocycles. The highest BCUT2D eigenvalue weighted by molar-refractivity contribution is 5.73. The molecule has 0 aliphatic rings. The second-order valence-electron chi connectivity index (χ2n) is 6.21. The lowest BCUT2D eigenvalue weighted by atomic mass is 9.94. The maximum absolute atomic E-state index is 11.9. The first-order valence-corrected chi connectivity index (χ1v) is 8.07. The molecule has 2 N–H and O–H groups in total. The van der Waals surface area contributed by atoms with Crippen molar-refractivity contribution in [2.75, 3.05) is 20.1 Å². The van der Waals surface area contributed by atoms with Gasteiger partial charge in [-0.2, -0.15) is 0 Å². The number of carboxylic acids is 1. The van der Waals surface area contributed by atoms with E-state index < -0.39 is 5.97 Å². The Morgan fingerprint density at radius 2 is 1.81 bits per heavy atom. The summed E-state index contributed by atoms with van der Waals surface area (Å²) >= 11 is 0.